The molecule has 1 N–H and O–H groups in total. The van der Waals surface area contributed by atoms with Gasteiger partial charge in [0.25, 0.3) is 5.91 Å². The lowest BCUT2D eigenvalue weighted by Gasteiger charge is -2.26. The van der Waals surface area contributed by atoms with Crippen LogP contribution in [0.3, 0.4) is 0 Å². The topological polar surface area (TPSA) is 66.5 Å². The number of nitrogens with one attached hydrogen (secondary N) is 1. The predicted molar refractivity (Wildman–Crippen MR) is 102 cm³/mol. The van der Waals surface area contributed by atoms with Gasteiger partial charge in [0.1, 0.15) is 0 Å². The SMILES string of the molecule is O=C(c1ccc(S(=O)(=O)NCc2ccc(Cl)cc2)cc1)N1CCCCC1. The predicted octanol–water partition coefficient (Wildman–Crippen LogP) is 3.44. The van der Waals surface area contributed by atoms with E-state index in [0.717, 1.165) is 37.9 Å². The molecular formula is C19H21ClN2O3S. The van der Waals surface area contributed by atoms with E-state index in [9.17, 15) is 13.2 Å². The van der Waals surface area contributed by atoms with Crippen LogP contribution in [0.25, 0.3) is 0 Å². The van der Waals surface area contributed by atoms with Gasteiger partial charge in [-0.2, -0.15) is 0 Å². The summed E-state index contributed by atoms with van der Waals surface area (Å²) in [6, 6.07) is 13.1. The van der Waals surface area contributed by atoms with E-state index < -0.39 is 10.0 Å². The van der Waals surface area contributed by atoms with E-state index in [1.54, 1.807) is 36.4 Å². The summed E-state index contributed by atoms with van der Waals surface area (Å²) in [5.74, 6) is -0.0391. The third-order valence-electron chi connectivity index (χ3n) is 4.43. The van der Waals surface area contributed by atoms with E-state index >= 15 is 0 Å². The zero-order chi connectivity index (χ0) is 18.6. The molecule has 138 valence electrons. The van der Waals surface area contributed by atoms with E-state index in [0.29, 0.717) is 10.6 Å². The van der Waals surface area contributed by atoms with Gasteiger partial charge in [0, 0.05) is 30.2 Å². The summed E-state index contributed by atoms with van der Waals surface area (Å²) in [5.41, 5.74) is 1.33. The number of piperidine rings is 1. The highest BCUT2D eigenvalue weighted by Crippen LogP contribution is 2.16. The van der Waals surface area contributed by atoms with Crippen molar-refractivity contribution in [2.24, 2.45) is 0 Å². The Bertz CT molecular complexity index is 859. The molecule has 0 saturated carbocycles. The number of nitrogens with zero attached hydrogens (tertiary/aromatic N) is 1. The molecule has 2 aromatic rings. The first kappa shape index (κ1) is 18.9. The van der Waals surface area contributed by atoms with Crippen molar-refractivity contribution in [1.82, 2.24) is 9.62 Å². The van der Waals surface area contributed by atoms with Crippen LogP contribution in [0.5, 0.6) is 0 Å². The fourth-order valence-electron chi connectivity index (χ4n) is 2.92. The summed E-state index contributed by atoms with van der Waals surface area (Å²) < 4.78 is 27.4. The van der Waals surface area contributed by atoms with Crippen LogP contribution < -0.4 is 4.72 Å². The lowest BCUT2D eigenvalue weighted by molar-refractivity contribution is 0.0724. The molecule has 2 aromatic carbocycles. The van der Waals surface area contributed by atoms with Gasteiger partial charge in [-0.1, -0.05) is 23.7 Å². The molecular weight excluding hydrogens is 372 g/mol. The number of carbonyl (C=O) groups excluding carboxylic acids is 1. The van der Waals surface area contributed by atoms with Gasteiger partial charge in [-0.25, -0.2) is 13.1 Å². The summed E-state index contributed by atoms with van der Waals surface area (Å²) >= 11 is 5.82. The van der Waals surface area contributed by atoms with Crippen LogP contribution in [0, 0.1) is 0 Å². The van der Waals surface area contributed by atoms with E-state index in [1.165, 1.54) is 12.1 Å². The molecule has 26 heavy (non-hydrogen) atoms. The average Bonchev–Trinajstić information content (AvgIpc) is 2.68. The highest BCUT2D eigenvalue weighted by Gasteiger charge is 2.19. The first-order valence-electron chi connectivity index (χ1n) is 8.59. The lowest BCUT2D eigenvalue weighted by Crippen LogP contribution is -2.35. The molecule has 1 aliphatic rings. The summed E-state index contributed by atoms with van der Waals surface area (Å²) in [6.07, 6.45) is 3.19. The Labute approximate surface area is 159 Å². The van der Waals surface area contributed by atoms with Crippen LogP contribution in [-0.4, -0.2) is 32.3 Å². The number of halogens is 1. The van der Waals surface area contributed by atoms with Crippen molar-refractivity contribution in [2.45, 2.75) is 30.7 Å². The third kappa shape index (κ3) is 4.63. The molecule has 1 aliphatic heterocycles. The number of sulfonamides is 1. The molecule has 0 spiro atoms. The van der Waals surface area contributed by atoms with Crippen molar-refractivity contribution in [1.29, 1.82) is 0 Å². The highest BCUT2D eigenvalue weighted by molar-refractivity contribution is 7.89. The van der Waals surface area contributed by atoms with Gasteiger partial charge in [-0.15, -0.1) is 0 Å². The Morgan fingerprint density at radius 2 is 1.58 bits per heavy atom. The number of benzene rings is 2. The van der Waals surface area contributed by atoms with Gasteiger partial charge in [-0.05, 0) is 61.2 Å². The molecule has 1 fully saturated rings. The van der Waals surface area contributed by atoms with Crippen molar-refractivity contribution in [2.75, 3.05) is 13.1 Å². The van der Waals surface area contributed by atoms with Crippen LogP contribution in [0.2, 0.25) is 5.02 Å². The Morgan fingerprint density at radius 3 is 2.19 bits per heavy atom. The van der Waals surface area contributed by atoms with E-state index in [4.69, 9.17) is 11.6 Å². The van der Waals surface area contributed by atoms with Gasteiger partial charge >= 0.3 is 0 Å². The number of rotatable bonds is 5. The third-order valence-corrected chi connectivity index (χ3v) is 6.10. The van der Waals surface area contributed by atoms with Crippen molar-refractivity contribution in [3.05, 3.63) is 64.7 Å². The van der Waals surface area contributed by atoms with Crippen molar-refractivity contribution < 1.29 is 13.2 Å². The quantitative estimate of drug-likeness (QED) is 0.847. The number of hydrogen-bond acceptors (Lipinski definition) is 3. The second kappa shape index (κ2) is 8.20. The molecule has 3 rings (SSSR count). The molecule has 5 nitrogen and oxygen atoms in total. The molecule has 0 atom stereocenters. The molecule has 0 bridgehead atoms. The van der Waals surface area contributed by atoms with Gasteiger partial charge in [0.2, 0.25) is 10.0 Å². The van der Waals surface area contributed by atoms with Crippen molar-refractivity contribution in [3.63, 3.8) is 0 Å². The lowest BCUT2D eigenvalue weighted by atomic mass is 10.1. The number of carbonyl (C=O) groups is 1. The molecule has 0 radical (unpaired) electrons. The van der Waals surface area contributed by atoms with Crippen molar-refractivity contribution >= 4 is 27.5 Å². The minimum Gasteiger partial charge on any atom is -0.339 e. The minimum atomic E-state index is -3.64. The molecule has 0 aliphatic carbocycles. The summed E-state index contributed by atoms with van der Waals surface area (Å²) in [5, 5.41) is 0.602. The summed E-state index contributed by atoms with van der Waals surface area (Å²) in [7, 11) is -3.64. The Hall–Kier alpha value is -1.89. The van der Waals surface area contributed by atoms with Gasteiger partial charge < -0.3 is 4.90 Å². The van der Waals surface area contributed by atoms with Crippen LogP contribution in [-0.2, 0) is 16.6 Å². The minimum absolute atomic E-state index is 0.0391. The van der Waals surface area contributed by atoms with E-state index in [-0.39, 0.29) is 17.3 Å². The number of amides is 1. The standard InChI is InChI=1S/C19H21ClN2O3S/c20-17-8-4-15(5-9-17)14-21-26(24,25)18-10-6-16(7-11-18)19(23)22-12-2-1-3-13-22/h4-11,21H,1-3,12-14H2. The fraction of sp³-hybridized carbons (Fsp3) is 0.316. The zero-order valence-electron chi connectivity index (χ0n) is 14.3. The van der Waals surface area contributed by atoms with Crippen LogP contribution in [0.15, 0.2) is 53.4 Å². The maximum atomic E-state index is 12.4. The first-order valence-corrected chi connectivity index (χ1v) is 10.5. The second-order valence-corrected chi connectivity index (χ2v) is 8.53. The van der Waals surface area contributed by atoms with Crippen molar-refractivity contribution in [3.8, 4) is 0 Å². The first-order chi connectivity index (χ1) is 12.5. The smallest absolute Gasteiger partial charge is 0.253 e. The average molecular weight is 393 g/mol. The molecule has 1 saturated heterocycles. The Balaban J connectivity index is 1.66. The summed E-state index contributed by atoms with van der Waals surface area (Å²) in [4.78, 5) is 14.4. The van der Waals surface area contributed by atoms with Crippen LogP contribution in [0.4, 0.5) is 0 Å². The van der Waals surface area contributed by atoms with E-state index in [2.05, 4.69) is 4.72 Å². The maximum absolute atomic E-state index is 12.4. The van der Waals surface area contributed by atoms with Crippen LogP contribution in [0.1, 0.15) is 35.2 Å². The fourth-order valence-corrected chi connectivity index (χ4v) is 4.06. The Kier molecular flexibility index (Phi) is 5.96. The second-order valence-electron chi connectivity index (χ2n) is 6.33. The van der Waals surface area contributed by atoms with E-state index in [1.807, 2.05) is 4.90 Å². The molecule has 0 unspecified atom stereocenters. The monoisotopic (exact) mass is 392 g/mol. The zero-order valence-corrected chi connectivity index (χ0v) is 15.9. The Morgan fingerprint density at radius 1 is 0.962 bits per heavy atom. The van der Waals surface area contributed by atoms with Crippen LogP contribution >= 0.6 is 11.6 Å². The molecule has 7 heteroatoms. The number of hydrogen-bond donors (Lipinski definition) is 1. The largest absolute Gasteiger partial charge is 0.339 e. The molecule has 1 heterocycles. The van der Waals surface area contributed by atoms with Gasteiger partial charge in [0.05, 0.1) is 4.90 Å². The maximum Gasteiger partial charge on any atom is 0.253 e. The normalized spacial score (nSPS) is 15.0. The summed E-state index contributed by atoms with van der Waals surface area (Å²) in [6.45, 7) is 1.71. The number of likely N-dealkylation sites (tertiary alicyclic amines) is 1. The molecule has 1 amide bonds. The van der Waals surface area contributed by atoms with Gasteiger partial charge in [-0.3, -0.25) is 4.79 Å². The highest BCUT2D eigenvalue weighted by atomic mass is 35.5. The molecule has 0 aromatic heterocycles. The van der Waals surface area contributed by atoms with Gasteiger partial charge in [0.15, 0.2) is 0 Å².